The Morgan fingerprint density at radius 3 is 2.53 bits per heavy atom. The van der Waals surface area contributed by atoms with Crippen molar-refractivity contribution in [1.82, 2.24) is 4.57 Å². The van der Waals surface area contributed by atoms with Crippen LogP contribution in [0.3, 0.4) is 0 Å². The van der Waals surface area contributed by atoms with E-state index in [0.717, 1.165) is 17.5 Å². The lowest BCUT2D eigenvalue weighted by atomic mass is 9.96. The van der Waals surface area contributed by atoms with Crippen LogP contribution < -0.4 is 5.73 Å². The van der Waals surface area contributed by atoms with Crippen molar-refractivity contribution >= 4 is 27.6 Å². The Balaban J connectivity index is 1.61. The lowest BCUT2D eigenvalue weighted by Gasteiger charge is -2.09. The highest BCUT2D eigenvalue weighted by Crippen LogP contribution is 2.33. The van der Waals surface area contributed by atoms with Gasteiger partial charge in [0.1, 0.15) is 0 Å². The Bertz CT molecular complexity index is 1440. The van der Waals surface area contributed by atoms with Gasteiger partial charge in [0, 0.05) is 23.6 Å². The largest absolute Gasteiger partial charge is 0.478 e. The second-order valence-electron chi connectivity index (χ2n) is 8.09. The van der Waals surface area contributed by atoms with E-state index in [1.807, 2.05) is 6.07 Å². The third kappa shape index (κ3) is 3.66. The van der Waals surface area contributed by atoms with Gasteiger partial charge in [-0.15, -0.1) is 0 Å². The molecule has 5 aromatic rings. The molecule has 0 atom stereocenters. The third-order valence-corrected chi connectivity index (χ3v) is 6.00. The fourth-order valence-corrected chi connectivity index (χ4v) is 4.50. The van der Waals surface area contributed by atoms with Crippen molar-refractivity contribution in [3.05, 3.63) is 108 Å². The van der Waals surface area contributed by atoms with Crippen LogP contribution in [0, 0.1) is 0 Å². The number of aromatic carboxylic acids is 1. The normalized spacial score (nSPS) is 11.3. The van der Waals surface area contributed by atoms with E-state index in [9.17, 15) is 9.90 Å². The zero-order valence-electron chi connectivity index (χ0n) is 17.7. The van der Waals surface area contributed by atoms with E-state index in [0.29, 0.717) is 18.7 Å². The topological polar surface area (TPSA) is 68.2 Å². The molecule has 4 aromatic carbocycles. The number of hydrogen-bond donors (Lipinski definition) is 2. The Morgan fingerprint density at radius 2 is 1.69 bits per heavy atom. The molecule has 0 amide bonds. The zero-order valence-corrected chi connectivity index (χ0v) is 17.7. The molecule has 4 heteroatoms. The molecule has 0 bridgehead atoms. The molecule has 0 aliphatic carbocycles. The van der Waals surface area contributed by atoms with Crippen molar-refractivity contribution in [2.75, 3.05) is 6.54 Å². The van der Waals surface area contributed by atoms with Crippen molar-refractivity contribution in [3.63, 3.8) is 0 Å². The summed E-state index contributed by atoms with van der Waals surface area (Å²) in [5.74, 6) is -0.909. The van der Waals surface area contributed by atoms with Crippen LogP contribution in [-0.2, 0) is 13.0 Å². The van der Waals surface area contributed by atoms with Crippen molar-refractivity contribution in [1.29, 1.82) is 0 Å². The van der Waals surface area contributed by atoms with Crippen LogP contribution in [0.4, 0.5) is 0 Å². The Hall–Kier alpha value is -3.89. The number of fused-ring (bicyclic) bond motifs is 2. The fourth-order valence-electron chi connectivity index (χ4n) is 4.50. The first-order valence-electron chi connectivity index (χ1n) is 10.8. The van der Waals surface area contributed by atoms with Gasteiger partial charge in [0.25, 0.3) is 0 Å². The average molecular weight is 421 g/mol. The van der Waals surface area contributed by atoms with Gasteiger partial charge in [-0.3, -0.25) is 0 Å². The number of rotatable bonds is 6. The van der Waals surface area contributed by atoms with Gasteiger partial charge in [-0.1, -0.05) is 60.7 Å². The minimum absolute atomic E-state index is 0.305. The summed E-state index contributed by atoms with van der Waals surface area (Å²) >= 11 is 0. The zero-order chi connectivity index (χ0) is 22.1. The first-order chi connectivity index (χ1) is 15.6. The summed E-state index contributed by atoms with van der Waals surface area (Å²) in [6.45, 7) is 1.18. The molecule has 0 fully saturated rings. The van der Waals surface area contributed by atoms with Gasteiger partial charge < -0.3 is 15.4 Å². The van der Waals surface area contributed by atoms with Gasteiger partial charge in [-0.05, 0) is 70.3 Å². The molecule has 32 heavy (non-hydrogen) atoms. The molecular formula is C28H24N2O2. The SMILES string of the molecule is NCCc1cn(Cc2cccc(C(=O)O)c2)c2ccc(-c3cccc4ccccc34)cc12. The average Bonchev–Trinajstić information content (AvgIpc) is 3.15. The molecule has 0 saturated carbocycles. The van der Waals surface area contributed by atoms with Crippen molar-refractivity contribution in [2.24, 2.45) is 5.73 Å². The highest BCUT2D eigenvalue weighted by atomic mass is 16.4. The summed E-state index contributed by atoms with van der Waals surface area (Å²) < 4.78 is 2.19. The van der Waals surface area contributed by atoms with Gasteiger partial charge in [0.15, 0.2) is 0 Å². The molecule has 5 rings (SSSR count). The van der Waals surface area contributed by atoms with Crippen LogP contribution >= 0.6 is 0 Å². The van der Waals surface area contributed by atoms with E-state index in [2.05, 4.69) is 71.4 Å². The van der Waals surface area contributed by atoms with E-state index in [1.54, 1.807) is 18.2 Å². The number of hydrogen-bond acceptors (Lipinski definition) is 2. The first kappa shape index (κ1) is 20.0. The summed E-state index contributed by atoms with van der Waals surface area (Å²) in [6.07, 6.45) is 2.94. The second-order valence-corrected chi connectivity index (χ2v) is 8.09. The van der Waals surface area contributed by atoms with E-state index in [-0.39, 0.29) is 0 Å². The summed E-state index contributed by atoms with van der Waals surface area (Å²) in [4.78, 5) is 11.4. The summed E-state index contributed by atoms with van der Waals surface area (Å²) in [5.41, 5.74) is 11.9. The molecule has 158 valence electrons. The van der Waals surface area contributed by atoms with Crippen LogP contribution in [0.15, 0.2) is 91.1 Å². The van der Waals surface area contributed by atoms with Crippen LogP contribution in [0.2, 0.25) is 0 Å². The number of aromatic nitrogens is 1. The summed E-state index contributed by atoms with van der Waals surface area (Å²) in [7, 11) is 0. The van der Waals surface area contributed by atoms with Crippen molar-refractivity contribution < 1.29 is 9.90 Å². The predicted molar refractivity (Wildman–Crippen MR) is 130 cm³/mol. The first-order valence-corrected chi connectivity index (χ1v) is 10.8. The maximum atomic E-state index is 11.4. The molecule has 0 saturated heterocycles. The molecule has 0 unspecified atom stereocenters. The fraction of sp³-hybridized carbons (Fsp3) is 0.107. The van der Waals surface area contributed by atoms with Gasteiger partial charge in [-0.2, -0.15) is 0 Å². The smallest absolute Gasteiger partial charge is 0.335 e. The molecule has 1 aromatic heterocycles. The number of benzene rings is 4. The Labute approximate surface area is 186 Å². The Morgan fingerprint density at radius 1 is 0.875 bits per heavy atom. The highest BCUT2D eigenvalue weighted by molar-refractivity contribution is 5.99. The van der Waals surface area contributed by atoms with E-state index in [4.69, 9.17) is 5.73 Å². The van der Waals surface area contributed by atoms with Gasteiger partial charge >= 0.3 is 5.97 Å². The predicted octanol–water partition coefficient (Wildman–Crippen LogP) is 5.71. The van der Waals surface area contributed by atoms with E-state index < -0.39 is 5.97 Å². The lowest BCUT2D eigenvalue weighted by molar-refractivity contribution is 0.0696. The van der Waals surface area contributed by atoms with Gasteiger partial charge in [0.2, 0.25) is 0 Å². The van der Waals surface area contributed by atoms with E-state index in [1.165, 1.54) is 32.8 Å². The number of nitrogens with zero attached hydrogens (tertiary/aromatic N) is 1. The number of carboxylic acids is 1. The lowest BCUT2D eigenvalue weighted by Crippen LogP contribution is -2.03. The van der Waals surface area contributed by atoms with Crippen LogP contribution in [0.25, 0.3) is 32.8 Å². The molecule has 4 nitrogen and oxygen atoms in total. The van der Waals surface area contributed by atoms with Crippen molar-refractivity contribution in [3.8, 4) is 11.1 Å². The van der Waals surface area contributed by atoms with Crippen LogP contribution in [0.5, 0.6) is 0 Å². The standard InChI is InChI=1S/C28H24N2O2/c29-14-13-23-18-30(17-19-5-3-8-22(15-19)28(31)32)27-12-11-21(16-26(23)27)25-10-4-7-20-6-1-2-9-24(20)25/h1-12,15-16,18H,13-14,17,29H2,(H,31,32). The molecule has 0 aliphatic heterocycles. The van der Waals surface area contributed by atoms with Gasteiger partial charge in [0.05, 0.1) is 5.56 Å². The number of nitrogens with two attached hydrogens (primary N) is 1. The monoisotopic (exact) mass is 420 g/mol. The van der Waals surface area contributed by atoms with E-state index >= 15 is 0 Å². The second kappa shape index (κ2) is 8.33. The number of carboxylic acid groups (broad SMARTS) is 1. The van der Waals surface area contributed by atoms with Crippen LogP contribution in [0.1, 0.15) is 21.5 Å². The van der Waals surface area contributed by atoms with Crippen LogP contribution in [-0.4, -0.2) is 22.2 Å². The highest BCUT2D eigenvalue weighted by Gasteiger charge is 2.12. The van der Waals surface area contributed by atoms with Gasteiger partial charge in [-0.25, -0.2) is 4.79 Å². The number of carbonyl (C=O) groups is 1. The minimum Gasteiger partial charge on any atom is -0.478 e. The maximum Gasteiger partial charge on any atom is 0.335 e. The maximum absolute atomic E-state index is 11.4. The third-order valence-electron chi connectivity index (χ3n) is 6.00. The molecule has 3 N–H and O–H groups in total. The molecule has 0 aliphatic rings. The quantitative estimate of drug-likeness (QED) is 0.370. The summed E-state index contributed by atoms with van der Waals surface area (Å²) in [5, 5.41) is 13.0. The van der Waals surface area contributed by atoms with Crippen molar-refractivity contribution in [2.45, 2.75) is 13.0 Å². The Kier molecular flexibility index (Phi) is 5.21. The molecule has 0 radical (unpaired) electrons. The molecular weight excluding hydrogens is 396 g/mol. The molecule has 1 heterocycles. The molecule has 0 spiro atoms. The minimum atomic E-state index is -0.909. The summed E-state index contributed by atoms with van der Waals surface area (Å²) in [6, 6.07) is 28.5.